The normalized spacial score (nSPS) is 10.6. The third-order valence-electron chi connectivity index (χ3n) is 1.77. The number of halogens is 1. The van der Waals surface area contributed by atoms with Gasteiger partial charge in [-0.05, 0) is 28.7 Å². The van der Waals surface area contributed by atoms with Crippen molar-refractivity contribution in [3.63, 3.8) is 0 Å². The van der Waals surface area contributed by atoms with Crippen molar-refractivity contribution >= 4 is 62.9 Å². The number of carbonyl (C=O) groups is 1. The minimum absolute atomic E-state index is 0.789. The van der Waals surface area contributed by atoms with Crippen molar-refractivity contribution in [1.82, 2.24) is 0 Å². The number of rotatable bonds is 1. The molecular weight excluding hydrogens is 315 g/mol. The third kappa shape index (κ3) is 1.51. The summed E-state index contributed by atoms with van der Waals surface area (Å²) in [6, 6.07) is 5.90. The smallest absolute Gasteiger partial charge is 0.161 e. The second kappa shape index (κ2) is 3.59. The summed E-state index contributed by atoms with van der Waals surface area (Å²) in [5.41, 5.74) is 0. The highest BCUT2D eigenvalue weighted by atomic mass is 127. The van der Waals surface area contributed by atoms with E-state index in [0.717, 1.165) is 29.7 Å². The lowest BCUT2D eigenvalue weighted by Gasteiger charge is -1.92. The lowest BCUT2D eigenvalue weighted by molar-refractivity contribution is 0.112. The van der Waals surface area contributed by atoms with Gasteiger partial charge in [-0.25, -0.2) is 0 Å². The van der Waals surface area contributed by atoms with Gasteiger partial charge in [0, 0.05) is 18.6 Å². The average molecular weight is 320 g/mol. The Morgan fingerprint density at radius 1 is 1.46 bits per heavy atom. The molecule has 0 atom stereocenters. The molecule has 0 saturated heterocycles. The molecule has 0 aliphatic heterocycles. The monoisotopic (exact) mass is 320 g/mol. The van der Waals surface area contributed by atoms with Crippen LogP contribution in [0.3, 0.4) is 0 Å². The average Bonchev–Trinajstić information content (AvgIpc) is 2.45. The van der Waals surface area contributed by atoms with Gasteiger partial charge in [-0.2, -0.15) is 0 Å². The highest BCUT2D eigenvalue weighted by molar-refractivity contribution is 14.1. The number of carbonyl (C=O) groups excluding carboxylic acids is 1. The molecule has 2 rings (SSSR count). The van der Waals surface area contributed by atoms with E-state index in [9.17, 15) is 4.79 Å². The van der Waals surface area contributed by atoms with E-state index in [1.165, 1.54) is 11.3 Å². The molecule has 13 heavy (non-hydrogen) atoms. The number of thiophene rings is 1. The molecule has 0 amide bonds. The molecular formula is C9H5IOS2. The highest BCUT2D eigenvalue weighted by Crippen LogP contribution is 2.34. The zero-order valence-corrected chi connectivity index (χ0v) is 10.3. The van der Waals surface area contributed by atoms with E-state index in [4.69, 9.17) is 0 Å². The van der Waals surface area contributed by atoms with E-state index < -0.39 is 0 Å². The van der Waals surface area contributed by atoms with Crippen molar-refractivity contribution < 1.29 is 4.79 Å². The van der Waals surface area contributed by atoms with Gasteiger partial charge in [0.05, 0.1) is 4.88 Å². The molecule has 0 fully saturated rings. The zero-order chi connectivity index (χ0) is 9.42. The van der Waals surface area contributed by atoms with Crippen LogP contribution in [0.1, 0.15) is 9.67 Å². The first-order valence-corrected chi connectivity index (χ1v) is 5.93. The van der Waals surface area contributed by atoms with Crippen LogP contribution >= 0.6 is 46.6 Å². The SMILES string of the molecule is O=Cc1sc2c(S)cccc2c1I. The standard InChI is InChI=1S/C9H5IOS2/c10-8-5-2-1-3-6(12)9(5)13-7(8)4-11/h1-4,12H. The molecule has 0 aliphatic carbocycles. The number of fused-ring (bicyclic) bond motifs is 1. The van der Waals surface area contributed by atoms with Crippen LogP contribution in [0.25, 0.3) is 10.1 Å². The van der Waals surface area contributed by atoms with Crippen molar-refractivity contribution in [2.24, 2.45) is 0 Å². The van der Waals surface area contributed by atoms with Gasteiger partial charge in [0.2, 0.25) is 0 Å². The van der Waals surface area contributed by atoms with E-state index in [0.29, 0.717) is 0 Å². The summed E-state index contributed by atoms with van der Waals surface area (Å²) in [5.74, 6) is 0. The lowest BCUT2D eigenvalue weighted by Crippen LogP contribution is -1.74. The molecule has 1 heterocycles. The molecule has 0 unspecified atom stereocenters. The maximum Gasteiger partial charge on any atom is 0.161 e. The Hall–Kier alpha value is -0.0700. The van der Waals surface area contributed by atoms with Crippen molar-refractivity contribution in [3.05, 3.63) is 26.6 Å². The Kier molecular flexibility index (Phi) is 2.62. The predicted octanol–water partition coefficient (Wildman–Crippen LogP) is 3.61. The first-order valence-electron chi connectivity index (χ1n) is 3.59. The van der Waals surface area contributed by atoms with Crippen LogP contribution in [0.2, 0.25) is 0 Å². The topological polar surface area (TPSA) is 17.1 Å². The quantitative estimate of drug-likeness (QED) is 0.483. The number of thiol groups is 1. The number of hydrogen-bond acceptors (Lipinski definition) is 3. The van der Waals surface area contributed by atoms with Gasteiger partial charge in [0.25, 0.3) is 0 Å². The van der Waals surface area contributed by atoms with Crippen LogP contribution in [-0.4, -0.2) is 6.29 Å². The first kappa shape index (κ1) is 9.48. The fourth-order valence-electron chi connectivity index (χ4n) is 1.17. The molecule has 0 bridgehead atoms. The molecule has 0 N–H and O–H groups in total. The van der Waals surface area contributed by atoms with Gasteiger partial charge >= 0.3 is 0 Å². The van der Waals surface area contributed by atoms with Crippen LogP contribution in [0, 0.1) is 3.57 Å². The summed E-state index contributed by atoms with van der Waals surface area (Å²) in [4.78, 5) is 12.4. The molecule has 0 spiro atoms. The number of aldehydes is 1. The summed E-state index contributed by atoms with van der Waals surface area (Å²) in [7, 11) is 0. The summed E-state index contributed by atoms with van der Waals surface area (Å²) < 4.78 is 2.13. The zero-order valence-electron chi connectivity index (χ0n) is 6.45. The fraction of sp³-hybridized carbons (Fsp3) is 0. The predicted molar refractivity (Wildman–Crippen MR) is 67.2 cm³/mol. The molecule has 1 nitrogen and oxygen atoms in total. The summed E-state index contributed by atoms with van der Waals surface area (Å²) in [6.07, 6.45) is 0.902. The first-order chi connectivity index (χ1) is 6.24. The van der Waals surface area contributed by atoms with E-state index in [2.05, 4.69) is 35.2 Å². The largest absolute Gasteiger partial charge is 0.297 e. The fourth-order valence-corrected chi connectivity index (χ4v) is 3.52. The van der Waals surface area contributed by atoms with Crippen LogP contribution in [0.4, 0.5) is 0 Å². The van der Waals surface area contributed by atoms with Crippen molar-refractivity contribution in [1.29, 1.82) is 0 Å². The maximum atomic E-state index is 10.7. The van der Waals surface area contributed by atoms with Gasteiger partial charge < -0.3 is 0 Å². The summed E-state index contributed by atoms with van der Waals surface area (Å²) >= 11 is 8.04. The van der Waals surface area contributed by atoms with E-state index in [1.807, 2.05) is 18.2 Å². The molecule has 4 heteroatoms. The van der Waals surface area contributed by atoms with Crippen molar-refractivity contribution in [2.45, 2.75) is 4.90 Å². The Labute approximate surface area is 98.7 Å². The van der Waals surface area contributed by atoms with E-state index >= 15 is 0 Å². The highest BCUT2D eigenvalue weighted by Gasteiger charge is 2.09. The Balaban J connectivity index is 2.91. The molecule has 0 saturated carbocycles. The summed E-state index contributed by atoms with van der Waals surface area (Å²) in [6.45, 7) is 0. The van der Waals surface area contributed by atoms with Gasteiger partial charge in [0.15, 0.2) is 6.29 Å². The van der Waals surface area contributed by atoms with Gasteiger partial charge in [-0.15, -0.1) is 24.0 Å². The molecule has 2 aromatic rings. The van der Waals surface area contributed by atoms with Crippen LogP contribution in [-0.2, 0) is 0 Å². The van der Waals surface area contributed by atoms with Crippen LogP contribution in [0.5, 0.6) is 0 Å². The molecule has 1 aromatic carbocycles. The lowest BCUT2D eigenvalue weighted by atomic mass is 10.2. The van der Waals surface area contributed by atoms with Gasteiger partial charge in [-0.3, -0.25) is 4.79 Å². The van der Waals surface area contributed by atoms with Crippen LogP contribution in [0.15, 0.2) is 23.1 Å². The molecule has 1 aromatic heterocycles. The second-order valence-corrected chi connectivity index (χ2v) is 5.16. The maximum absolute atomic E-state index is 10.7. The van der Waals surface area contributed by atoms with Crippen LogP contribution < -0.4 is 0 Å². The van der Waals surface area contributed by atoms with Gasteiger partial charge in [-0.1, -0.05) is 12.1 Å². The second-order valence-electron chi connectivity index (χ2n) is 2.55. The Morgan fingerprint density at radius 3 is 2.85 bits per heavy atom. The van der Waals surface area contributed by atoms with E-state index in [-0.39, 0.29) is 0 Å². The Bertz CT molecular complexity index is 476. The molecule has 66 valence electrons. The molecule has 0 radical (unpaired) electrons. The van der Waals surface area contributed by atoms with Crippen molar-refractivity contribution in [3.8, 4) is 0 Å². The molecule has 0 aliphatic rings. The van der Waals surface area contributed by atoms with Crippen molar-refractivity contribution in [2.75, 3.05) is 0 Å². The number of benzene rings is 1. The van der Waals surface area contributed by atoms with E-state index in [1.54, 1.807) is 0 Å². The summed E-state index contributed by atoms with van der Waals surface area (Å²) in [5, 5.41) is 1.13. The number of hydrogen-bond donors (Lipinski definition) is 1. The minimum Gasteiger partial charge on any atom is -0.297 e. The Morgan fingerprint density at radius 2 is 2.23 bits per heavy atom. The minimum atomic E-state index is 0.789. The van der Waals surface area contributed by atoms with Gasteiger partial charge in [0.1, 0.15) is 0 Å². The third-order valence-corrected chi connectivity index (χ3v) is 4.98.